The summed E-state index contributed by atoms with van der Waals surface area (Å²) < 4.78 is 0. The van der Waals surface area contributed by atoms with Gasteiger partial charge in [-0.1, -0.05) is 11.6 Å². The van der Waals surface area contributed by atoms with Crippen molar-refractivity contribution in [3.05, 3.63) is 20.5 Å². The molecule has 1 aromatic heterocycles. The first-order valence-electron chi connectivity index (χ1n) is 6.41. The molecule has 1 aliphatic carbocycles. The summed E-state index contributed by atoms with van der Waals surface area (Å²) in [6, 6.07) is 0. The Bertz CT molecular complexity index is 655. The SMILES string of the molecule is CC1(Nc2nc(N)[nH]c(=O)c2[N+](=O)[O-])CCCC/C1=N\O. The van der Waals surface area contributed by atoms with Gasteiger partial charge in [-0.05, 0) is 26.2 Å². The van der Waals surface area contributed by atoms with Gasteiger partial charge in [-0.2, -0.15) is 4.98 Å². The molecule has 1 atom stereocenters. The minimum absolute atomic E-state index is 0.227. The molecule has 1 saturated carbocycles. The van der Waals surface area contributed by atoms with Gasteiger partial charge in [0.15, 0.2) is 0 Å². The van der Waals surface area contributed by atoms with Crippen LogP contribution < -0.4 is 16.6 Å². The van der Waals surface area contributed by atoms with Crippen molar-refractivity contribution in [2.75, 3.05) is 11.1 Å². The molecule has 1 fully saturated rings. The number of aromatic nitrogens is 2. The molecule has 0 amide bonds. The van der Waals surface area contributed by atoms with Gasteiger partial charge >= 0.3 is 11.2 Å². The van der Waals surface area contributed by atoms with Gasteiger partial charge in [-0.3, -0.25) is 19.9 Å². The van der Waals surface area contributed by atoms with Crippen LogP contribution in [0.5, 0.6) is 0 Å². The maximum Gasteiger partial charge on any atom is 0.375 e. The van der Waals surface area contributed by atoms with Crippen molar-refractivity contribution in [2.24, 2.45) is 5.16 Å². The van der Waals surface area contributed by atoms with Crippen molar-refractivity contribution in [3.63, 3.8) is 0 Å². The molecule has 1 unspecified atom stereocenters. The first-order valence-corrected chi connectivity index (χ1v) is 6.41. The summed E-state index contributed by atoms with van der Waals surface area (Å²) in [6.45, 7) is 1.74. The van der Waals surface area contributed by atoms with Gasteiger partial charge in [-0.25, -0.2) is 0 Å². The summed E-state index contributed by atoms with van der Waals surface area (Å²) in [7, 11) is 0. The first-order chi connectivity index (χ1) is 9.87. The number of nitrogens with one attached hydrogen (secondary N) is 2. The fraction of sp³-hybridized carbons (Fsp3) is 0.545. The minimum Gasteiger partial charge on any atom is -0.411 e. The minimum atomic E-state index is -0.933. The highest BCUT2D eigenvalue weighted by Crippen LogP contribution is 2.31. The number of nitrogens with zero attached hydrogens (tertiary/aromatic N) is 3. The molecule has 10 nitrogen and oxygen atoms in total. The summed E-state index contributed by atoms with van der Waals surface area (Å²) in [5.74, 6) is -0.457. The predicted octanol–water partition coefficient (Wildman–Crippen LogP) is 0.835. The molecule has 0 spiro atoms. The summed E-state index contributed by atoms with van der Waals surface area (Å²) >= 11 is 0. The lowest BCUT2D eigenvalue weighted by Gasteiger charge is -2.35. The molecular weight excluding hydrogens is 280 g/mol. The fourth-order valence-corrected chi connectivity index (χ4v) is 2.49. The fourth-order valence-electron chi connectivity index (χ4n) is 2.49. The van der Waals surface area contributed by atoms with Crippen molar-refractivity contribution >= 4 is 23.2 Å². The van der Waals surface area contributed by atoms with E-state index in [-0.39, 0.29) is 11.8 Å². The third kappa shape index (κ3) is 2.78. The molecule has 1 aromatic rings. The molecule has 2 rings (SSSR count). The van der Waals surface area contributed by atoms with Gasteiger partial charge in [0.1, 0.15) is 0 Å². The van der Waals surface area contributed by atoms with Crippen LogP contribution in [-0.4, -0.2) is 31.3 Å². The lowest BCUT2D eigenvalue weighted by atomic mass is 9.81. The van der Waals surface area contributed by atoms with Crippen molar-refractivity contribution in [1.29, 1.82) is 0 Å². The summed E-state index contributed by atoms with van der Waals surface area (Å²) in [6.07, 6.45) is 2.88. The van der Waals surface area contributed by atoms with Crippen LogP contribution >= 0.6 is 0 Å². The monoisotopic (exact) mass is 296 g/mol. The van der Waals surface area contributed by atoms with Crippen molar-refractivity contribution < 1.29 is 10.1 Å². The standard InChI is InChI=1S/C11H16N6O4/c1-11(5-3-2-4-6(11)16-19)15-8-7(17(20)21)9(18)14-10(12)13-8/h19H,2-5H2,1H3,(H4,12,13,14,15,18)/b16-6+. The zero-order valence-corrected chi connectivity index (χ0v) is 11.4. The van der Waals surface area contributed by atoms with E-state index in [2.05, 4.69) is 20.4 Å². The van der Waals surface area contributed by atoms with Gasteiger partial charge in [0, 0.05) is 0 Å². The molecule has 21 heavy (non-hydrogen) atoms. The molecule has 0 aliphatic heterocycles. The Labute approximate surface area is 119 Å². The van der Waals surface area contributed by atoms with Crippen LogP contribution in [-0.2, 0) is 0 Å². The number of nitro groups is 1. The highest BCUT2D eigenvalue weighted by Gasteiger charge is 2.37. The number of H-pyrrole nitrogens is 1. The van der Waals surface area contributed by atoms with E-state index in [1.54, 1.807) is 6.92 Å². The Morgan fingerprint density at radius 1 is 1.57 bits per heavy atom. The van der Waals surface area contributed by atoms with Crippen molar-refractivity contribution in [2.45, 2.75) is 38.1 Å². The van der Waals surface area contributed by atoms with Crippen LogP contribution in [0.25, 0.3) is 0 Å². The number of nitrogen functional groups attached to an aromatic ring is 1. The van der Waals surface area contributed by atoms with E-state index >= 15 is 0 Å². The topological polar surface area (TPSA) is 160 Å². The summed E-state index contributed by atoms with van der Waals surface area (Å²) in [5, 5.41) is 26.2. The lowest BCUT2D eigenvalue weighted by molar-refractivity contribution is -0.385. The van der Waals surface area contributed by atoms with Crippen molar-refractivity contribution in [1.82, 2.24) is 9.97 Å². The van der Waals surface area contributed by atoms with Gasteiger partial charge in [0.25, 0.3) is 0 Å². The zero-order chi connectivity index (χ0) is 15.6. The second-order valence-electron chi connectivity index (χ2n) is 5.12. The van der Waals surface area contributed by atoms with E-state index in [1.165, 1.54) is 0 Å². The maximum absolute atomic E-state index is 11.7. The number of hydrogen-bond acceptors (Lipinski definition) is 8. The largest absolute Gasteiger partial charge is 0.411 e. The van der Waals surface area contributed by atoms with Crippen LogP contribution in [0.1, 0.15) is 32.6 Å². The average molecular weight is 296 g/mol. The lowest BCUT2D eigenvalue weighted by Crippen LogP contribution is -2.46. The Kier molecular flexibility index (Phi) is 3.78. The van der Waals surface area contributed by atoms with Crippen LogP contribution in [0.4, 0.5) is 17.5 Å². The van der Waals surface area contributed by atoms with Crippen LogP contribution in [0.2, 0.25) is 0 Å². The predicted molar refractivity (Wildman–Crippen MR) is 75.6 cm³/mol. The second-order valence-corrected chi connectivity index (χ2v) is 5.12. The Morgan fingerprint density at radius 2 is 2.29 bits per heavy atom. The molecule has 114 valence electrons. The molecule has 1 heterocycles. The highest BCUT2D eigenvalue weighted by atomic mass is 16.6. The van der Waals surface area contributed by atoms with Crippen LogP contribution in [0, 0.1) is 10.1 Å². The smallest absolute Gasteiger partial charge is 0.375 e. The average Bonchev–Trinajstić information content (AvgIpc) is 2.37. The summed E-state index contributed by atoms with van der Waals surface area (Å²) in [5.41, 5.74) is 3.43. The molecule has 0 aromatic carbocycles. The normalized spacial score (nSPS) is 24.0. The Balaban J connectivity index is 2.47. The maximum atomic E-state index is 11.7. The van der Waals surface area contributed by atoms with Gasteiger partial charge in [0.2, 0.25) is 11.8 Å². The Hall–Kier alpha value is -2.65. The summed E-state index contributed by atoms with van der Waals surface area (Å²) in [4.78, 5) is 27.8. The molecule has 0 saturated heterocycles. The molecule has 1 aliphatic rings. The third-order valence-electron chi connectivity index (χ3n) is 3.59. The van der Waals surface area contributed by atoms with Crippen LogP contribution in [0.15, 0.2) is 9.95 Å². The van der Waals surface area contributed by atoms with Crippen molar-refractivity contribution in [3.8, 4) is 0 Å². The first kappa shape index (κ1) is 14.8. The Morgan fingerprint density at radius 3 is 2.90 bits per heavy atom. The number of aromatic amines is 1. The van der Waals surface area contributed by atoms with Gasteiger partial charge in [0.05, 0.1) is 16.2 Å². The van der Waals surface area contributed by atoms with E-state index in [0.717, 1.165) is 12.8 Å². The molecule has 5 N–H and O–H groups in total. The quantitative estimate of drug-likeness (QED) is 0.365. The van der Waals surface area contributed by atoms with E-state index in [9.17, 15) is 14.9 Å². The number of nitrogens with two attached hydrogens (primary N) is 1. The third-order valence-corrected chi connectivity index (χ3v) is 3.59. The van der Waals surface area contributed by atoms with Crippen LogP contribution in [0.3, 0.4) is 0 Å². The van der Waals surface area contributed by atoms with E-state index in [0.29, 0.717) is 18.6 Å². The number of oxime groups is 1. The highest BCUT2D eigenvalue weighted by molar-refractivity contribution is 5.96. The zero-order valence-electron chi connectivity index (χ0n) is 11.4. The second kappa shape index (κ2) is 5.38. The molecule has 10 heteroatoms. The molecule has 0 radical (unpaired) electrons. The molecular formula is C11H16N6O4. The van der Waals surface area contributed by atoms with Gasteiger partial charge in [-0.15, -0.1) is 0 Å². The van der Waals surface area contributed by atoms with Gasteiger partial charge < -0.3 is 16.3 Å². The number of anilines is 2. The number of hydrogen-bond donors (Lipinski definition) is 4. The number of rotatable bonds is 3. The molecule has 0 bridgehead atoms. The van der Waals surface area contributed by atoms with E-state index in [4.69, 9.17) is 10.9 Å². The van der Waals surface area contributed by atoms with E-state index in [1.807, 2.05) is 0 Å². The van der Waals surface area contributed by atoms with E-state index < -0.39 is 21.7 Å².